The van der Waals surface area contributed by atoms with Gasteiger partial charge in [-0.2, -0.15) is 5.10 Å². The fourth-order valence-electron chi connectivity index (χ4n) is 4.08. The summed E-state index contributed by atoms with van der Waals surface area (Å²) in [7, 11) is 4.07. The molecule has 1 fully saturated rings. The largest absolute Gasteiger partial charge is 0.354 e. The van der Waals surface area contributed by atoms with Crippen molar-refractivity contribution in [1.29, 1.82) is 0 Å². The molecule has 1 saturated carbocycles. The molecule has 1 aromatic heterocycles. The van der Waals surface area contributed by atoms with Crippen molar-refractivity contribution in [2.75, 3.05) is 20.6 Å². The van der Waals surface area contributed by atoms with Crippen LogP contribution in [0.4, 0.5) is 0 Å². The van der Waals surface area contributed by atoms with Gasteiger partial charge in [0.05, 0.1) is 5.52 Å². The van der Waals surface area contributed by atoms with Crippen LogP contribution in [0.5, 0.6) is 0 Å². The van der Waals surface area contributed by atoms with Crippen molar-refractivity contribution in [1.82, 2.24) is 20.4 Å². The Morgan fingerprint density at radius 1 is 1.34 bits per heavy atom. The fourth-order valence-corrected chi connectivity index (χ4v) is 4.32. The van der Waals surface area contributed by atoms with Crippen LogP contribution in [0.15, 0.2) is 48.7 Å². The van der Waals surface area contributed by atoms with Crippen LogP contribution in [0.2, 0.25) is 5.02 Å². The van der Waals surface area contributed by atoms with Crippen LogP contribution in [-0.4, -0.2) is 47.7 Å². The van der Waals surface area contributed by atoms with Crippen LogP contribution in [0.1, 0.15) is 24.5 Å². The lowest BCUT2D eigenvalue weighted by Crippen LogP contribution is -2.42. The number of nitrogens with zero attached hydrogens (tertiary/aromatic N) is 2. The lowest BCUT2D eigenvalue weighted by molar-refractivity contribution is -0.122. The Morgan fingerprint density at radius 2 is 2.10 bits per heavy atom. The van der Waals surface area contributed by atoms with Gasteiger partial charge in [0.25, 0.3) is 0 Å². The lowest BCUT2D eigenvalue weighted by atomic mass is 9.95. The highest BCUT2D eigenvalue weighted by molar-refractivity contribution is 6.32. The number of benzene rings is 2. The van der Waals surface area contributed by atoms with Gasteiger partial charge >= 0.3 is 0 Å². The predicted molar refractivity (Wildman–Crippen MR) is 117 cm³/mol. The molecule has 6 heteroatoms. The maximum Gasteiger partial charge on any atom is 0.224 e. The topological polar surface area (TPSA) is 61.0 Å². The maximum absolute atomic E-state index is 12.8. The normalized spacial score (nSPS) is 22.0. The molecular formula is C23H27ClN4O. The monoisotopic (exact) mass is 410 g/mol. The fraction of sp³-hybridized carbons (Fsp3) is 0.391. The van der Waals surface area contributed by atoms with Gasteiger partial charge in [-0.25, -0.2) is 0 Å². The molecule has 2 N–H and O–H groups in total. The predicted octanol–water partition coefficient (Wildman–Crippen LogP) is 3.78. The molecule has 1 heterocycles. The highest BCUT2D eigenvalue weighted by Gasteiger charge is 2.55. The quantitative estimate of drug-likeness (QED) is 0.623. The van der Waals surface area contributed by atoms with Crippen molar-refractivity contribution in [3.63, 3.8) is 0 Å². The first-order valence-corrected chi connectivity index (χ1v) is 10.4. The minimum Gasteiger partial charge on any atom is -0.354 e. The zero-order valence-corrected chi connectivity index (χ0v) is 17.8. The molecule has 0 bridgehead atoms. The molecule has 1 amide bonds. The number of amides is 1. The van der Waals surface area contributed by atoms with Gasteiger partial charge in [-0.1, -0.05) is 48.9 Å². The first-order valence-electron chi connectivity index (χ1n) is 10.00. The first-order chi connectivity index (χ1) is 13.9. The van der Waals surface area contributed by atoms with Crippen molar-refractivity contribution in [3.05, 3.63) is 64.8 Å². The number of hydrogen-bond donors (Lipinski definition) is 2. The van der Waals surface area contributed by atoms with Crippen molar-refractivity contribution in [3.8, 4) is 0 Å². The number of aromatic amines is 1. The van der Waals surface area contributed by atoms with E-state index in [4.69, 9.17) is 11.6 Å². The number of aromatic nitrogens is 2. The number of likely N-dealkylation sites (N-methyl/N-ethyl adjacent to an activating group) is 1. The van der Waals surface area contributed by atoms with E-state index in [0.717, 1.165) is 29.3 Å². The third kappa shape index (κ3) is 4.02. The summed E-state index contributed by atoms with van der Waals surface area (Å²) in [6, 6.07) is 14.4. The second-order valence-corrected chi connectivity index (χ2v) is 8.90. The van der Waals surface area contributed by atoms with Crippen molar-refractivity contribution < 1.29 is 4.79 Å². The van der Waals surface area contributed by atoms with Gasteiger partial charge in [-0.15, -0.1) is 0 Å². The van der Waals surface area contributed by atoms with E-state index in [0.29, 0.717) is 11.6 Å². The Balaban J connectivity index is 1.40. The van der Waals surface area contributed by atoms with E-state index >= 15 is 0 Å². The number of hydrogen-bond acceptors (Lipinski definition) is 3. The Hall–Kier alpha value is -2.37. The van der Waals surface area contributed by atoms with Crippen LogP contribution in [0.25, 0.3) is 10.9 Å². The Morgan fingerprint density at radius 3 is 2.83 bits per heavy atom. The molecule has 0 aliphatic heterocycles. The molecule has 1 aliphatic rings. The van der Waals surface area contributed by atoms with Gasteiger partial charge < -0.3 is 10.2 Å². The summed E-state index contributed by atoms with van der Waals surface area (Å²) in [4.78, 5) is 15.0. The smallest absolute Gasteiger partial charge is 0.224 e. The maximum atomic E-state index is 12.8. The molecular weight excluding hydrogens is 384 g/mol. The standard InChI is InChI=1S/C23H27ClN4O/c1-23(17-7-5-4-6-8-17)12-19(23)22(29)25-14-18(28(2)3)10-15-9-16-13-26-27-21(16)11-20(15)24/h4-9,11,13,18-19H,10,12,14H2,1-3H3,(H,25,29)(H,26,27)/t18-,19-,23+/m0/s1. The Labute approximate surface area is 176 Å². The zero-order chi connectivity index (χ0) is 20.6. The molecule has 5 nitrogen and oxygen atoms in total. The molecule has 0 radical (unpaired) electrons. The van der Waals surface area contributed by atoms with E-state index in [2.05, 4.69) is 45.5 Å². The summed E-state index contributed by atoms with van der Waals surface area (Å²) in [6.07, 6.45) is 3.53. The van der Waals surface area contributed by atoms with E-state index in [1.54, 1.807) is 0 Å². The molecule has 2 aromatic carbocycles. The molecule has 0 saturated heterocycles. The van der Waals surface area contributed by atoms with Gasteiger partial charge in [0, 0.05) is 40.5 Å². The number of H-pyrrole nitrogens is 1. The highest BCUT2D eigenvalue weighted by atomic mass is 35.5. The van der Waals surface area contributed by atoms with Crippen LogP contribution in [-0.2, 0) is 16.6 Å². The Bertz CT molecular complexity index is 1020. The third-order valence-corrected chi connectivity index (χ3v) is 6.64. The summed E-state index contributed by atoms with van der Waals surface area (Å²) in [5, 5.41) is 12.0. The zero-order valence-electron chi connectivity index (χ0n) is 17.1. The average Bonchev–Trinajstić information content (AvgIpc) is 3.21. The highest BCUT2D eigenvalue weighted by Crippen LogP contribution is 2.53. The van der Waals surface area contributed by atoms with Crippen LogP contribution >= 0.6 is 11.6 Å². The average molecular weight is 411 g/mol. The minimum atomic E-state index is -0.0470. The first kappa shape index (κ1) is 19.9. The van der Waals surface area contributed by atoms with Crippen LogP contribution in [0, 0.1) is 5.92 Å². The number of fused-ring (bicyclic) bond motifs is 1. The minimum absolute atomic E-state index is 0.0404. The van der Waals surface area contributed by atoms with E-state index < -0.39 is 0 Å². The summed E-state index contributed by atoms with van der Waals surface area (Å²) in [6.45, 7) is 2.77. The molecule has 152 valence electrons. The molecule has 4 rings (SSSR count). The van der Waals surface area contributed by atoms with E-state index in [-0.39, 0.29) is 23.3 Å². The molecule has 0 spiro atoms. The van der Waals surface area contributed by atoms with Gasteiger partial charge in [0.2, 0.25) is 5.91 Å². The van der Waals surface area contributed by atoms with Gasteiger partial charge in [0.1, 0.15) is 0 Å². The number of rotatable bonds is 7. The molecule has 29 heavy (non-hydrogen) atoms. The van der Waals surface area contributed by atoms with E-state index in [9.17, 15) is 4.79 Å². The SMILES string of the molecule is CN(C)[C@H](CNC(=O)[C@@H]1C[C@]1(C)c1ccccc1)Cc1cc2c[nH]nc2cc1Cl. The number of nitrogens with one attached hydrogen (secondary N) is 2. The van der Waals surface area contributed by atoms with Crippen molar-refractivity contribution >= 4 is 28.4 Å². The summed E-state index contributed by atoms with van der Waals surface area (Å²) < 4.78 is 0. The van der Waals surface area contributed by atoms with Crippen molar-refractivity contribution in [2.24, 2.45) is 5.92 Å². The number of carbonyl (C=O) groups is 1. The summed E-state index contributed by atoms with van der Waals surface area (Å²) in [5.74, 6) is 0.179. The van der Waals surface area contributed by atoms with Crippen LogP contribution in [0.3, 0.4) is 0 Å². The number of halogens is 1. The van der Waals surface area contributed by atoms with E-state index in [1.807, 2.05) is 44.6 Å². The summed E-state index contributed by atoms with van der Waals surface area (Å²) >= 11 is 6.48. The number of carbonyl (C=O) groups excluding carboxylic acids is 1. The van der Waals surface area contributed by atoms with Crippen molar-refractivity contribution in [2.45, 2.75) is 31.2 Å². The van der Waals surface area contributed by atoms with Gasteiger partial charge in [-0.3, -0.25) is 9.89 Å². The second-order valence-electron chi connectivity index (χ2n) is 8.49. The summed E-state index contributed by atoms with van der Waals surface area (Å²) in [5.41, 5.74) is 3.12. The Kier molecular flexibility index (Phi) is 5.36. The second kappa shape index (κ2) is 7.81. The third-order valence-electron chi connectivity index (χ3n) is 6.29. The molecule has 3 aromatic rings. The molecule has 1 aliphatic carbocycles. The molecule has 3 atom stereocenters. The van der Waals surface area contributed by atoms with Crippen LogP contribution < -0.4 is 5.32 Å². The van der Waals surface area contributed by atoms with Gasteiger partial charge in [-0.05, 0) is 50.2 Å². The lowest BCUT2D eigenvalue weighted by Gasteiger charge is -2.25. The molecule has 0 unspecified atom stereocenters. The van der Waals surface area contributed by atoms with Gasteiger partial charge in [0.15, 0.2) is 0 Å². The van der Waals surface area contributed by atoms with E-state index in [1.165, 1.54) is 5.56 Å².